The molecule has 1 amide bonds. The molecule has 110 valence electrons. The Labute approximate surface area is 115 Å². The second-order valence-electron chi connectivity index (χ2n) is 5.49. The molecular formula is C14H26N2O3. The van der Waals surface area contributed by atoms with E-state index >= 15 is 0 Å². The molecule has 0 bridgehead atoms. The normalized spacial score (nSPS) is 26.9. The van der Waals surface area contributed by atoms with Crippen LogP contribution in [-0.4, -0.2) is 36.1 Å². The average Bonchev–Trinajstić information content (AvgIpc) is 2.39. The van der Waals surface area contributed by atoms with Crippen molar-refractivity contribution in [2.45, 2.75) is 57.4 Å². The Hall–Kier alpha value is -1.10. The summed E-state index contributed by atoms with van der Waals surface area (Å²) in [6.45, 7) is 2.90. The Morgan fingerprint density at radius 2 is 1.95 bits per heavy atom. The molecule has 0 spiro atoms. The molecule has 0 unspecified atom stereocenters. The minimum absolute atomic E-state index is 0.146. The molecule has 1 aliphatic rings. The standard InChI is InChI=1S/C14H26N2O3/c1-3-11-6-8-14(9-7-11,13(18)19)16-12(17)5-4-10-15-2/h11,15H,3-10H2,1-2H3,(H,16,17)(H,18,19). The predicted molar refractivity (Wildman–Crippen MR) is 73.9 cm³/mol. The van der Waals surface area contributed by atoms with Crippen molar-refractivity contribution in [2.24, 2.45) is 5.92 Å². The van der Waals surface area contributed by atoms with Crippen LogP contribution in [-0.2, 0) is 9.59 Å². The largest absolute Gasteiger partial charge is 0.480 e. The van der Waals surface area contributed by atoms with Crippen LogP contribution in [0.1, 0.15) is 51.9 Å². The zero-order valence-electron chi connectivity index (χ0n) is 12.0. The lowest BCUT2D eigenvalue weighted by Crippen LogP contribution is -2.56. The number of carboxylic acids is 1. The first-order chi connectivity index (χ1) is 9.04. The minimum Gasteiger partial charge on any atom is -0.480 e. The zero-order chi connectivity index (χ0) is 14.3. The van der Waals surface area contributed by atoms with Crippen LogP contribution in [0.3, 0.4) is 0 Å². The fraction of sp³-hybridized carbons (Fsp3) is 0.857. The summed E-state index contributed by atoms with van der Waals surface area (Å²) >= 11 is 0. The molecule has 0 heterocycles. The van der Waals surface area contributed by atoms with Crippen LogP contribution in [0.5, 0.6) is 0 Å². The Morgan fingerprint density at radius 1 is 1.32 bits per heavy atom. The van der Waals surface area contributed by atoms with E-state index in [0.717, 1.165) is 32.2 Å². The van der Waals surface area contributed by atoms with E-state index in [0.29, 0.717) is 25.2 Å². The predicted octanol–water partition coefficient (Wildman–Crippen LogP) is 1.53. The second-order valence-corrected chi connectivity index (χ2v) is 5.49. The van der Waals surface area contributed by atoms with E-state index in [1.807, 2.05) is 7.05 Å². The van der Waals surface area contributed by atoms with Crippen molar-refractivity contribution < 1.29 is 14.7 Å². The van der Waals surface area contributed by atoms with Crippen LogP contribution in [0.4, 0.5) is 0 Å². The lowest BCUT2D eigenvalue weighted by molar-refractivity contribution is -0.149. The second kappa shape index (κ2) is 7.48. The van der Waals surface area contributed by atoms with Crippen molar-refractivity contribution in [3.63, 3.8) is 0 Å². The van der Waals surface area contributed by atoms with E-state index in [4.69, 9.17) is 0 Å². The smallest absolute Gasteiger partial charge is 0.329 e. The fourth-order valence-electron chi connectivity index (χ4n) is 2.73. The molecular weight excluding hydrogens is 244 g/mol. The van der Waals surface area contributed by atoms with E-state index in [-0.39, 0.29) is 5.91 Å². The third kappa shape index (κ3) is 4.49. The number of aliphatic carboxylic acids is 1. The van der Waals surface area contributed by atoms with Gasteiger partial charge >= 0.3 is 5.97 Å². The van der Waals surface area contributed by atoms with Gasteiger partial charge in [-0.15, -0.1) is 0 Å². The van der Waals surface area contributed by atoms with Crippen LogP contribution in [0.15, 0.2) is 0 Å². The molecule has 1 fully saturated rings. The first-order valence-electron chi connectivity index (χ1n) is 7.23. The maximum atomic E-state index is 11.8. The lowest BCUT2D eigenvalue weighted by Gasteiger charge is -2.37. The van der Waals surface area contributed by atoms with Crippen molar-refractivity contribution >= 4 is 11.9 Å². The molecule has 1 aliphatic carbocycles. The summed E-state index contributed by atoms with van der Waals surface area (Å²) in [5, 5.41) is 15.2. The van der Waals surface area contributed by atoms with Crippen LogP contribution in [0.2, 0.25) is 0 Å². The molecule has 0 atom stereocenters. The average molecular weight is 270 g/mol. The molecule has 3 N–H and O–H groups in total. The van der Waals surface area contributed by atoms with Gasteiger partial charge in [0, 0.05) is 6.42 Å². The molecule has 0 aromatic heterocycles. The molecule has 1 saturated carbocycles. The SMILES string of the molecule is CCC1CCC(NC(=O)CCCNC)(C(=O)O)CC1. The van der Waals surface area contributed by atoms with Crippen LogP contribution in [0, 0.1) is 5.92 Å². The van der Waals surface area contributed by atoms with Gasteiger partial charge < -0.3 is 15.7 Å². The van der Waals surface area contributed by atoms with Crippen LogP contribution in [0.25, 0.3) is 0 Å². The van der Waals surface area contributed by atoms with Gasteiger partial charge in [-0.3, -0.25) is 4.79 Å². The third-order valence-electron chi connectivity index (χ3n) is 4.15. The third-order valence-corrected chi connectivity index (χ3v) is 4.15. The summed E-state index contributed by atoms with van der Waals surface area (Å²) in [4.78, 5) is 23.4. The molecule has 5 nitrogen and oxygen atoms in total. The highest BCUT2D eigenvalue weighted by atomic mass is 16.4. The van der Waals surface area contributed by atoms with E-state index in [2.05, 4.69) is 17.6 Å². The van der Waals surface area contributed by atoms with Crippen LogP contribution < -0.4 is 10.6 Å². The summed E-state index contributed by atoms with van der Waals surface area (Å²) in [5.74, 6) is -0.426. The number of hydrogen-bond acceptors (Lipinski definition) is 3. The van der Waals surface area contributed by atoms with Crippen molar-refractivity contribution in [3.05, 3.63) is 0 Å². The van der Waals surface area contributed by atoms with Crippen LogP contribution >= 0.6 is 0 Å². The van der Waals surface area contributed by atoms with Gasteiger partial charge in [0.25, 0.3) is 0 Å². The quantitative estimate of drug-likeness (QED) is 0.613. The first-order valence-corrected chi connectivity index (χ1v) is 7.23. The van der Waals surface area contributed by atoms with Gasteiger partial charge in [-0.25, -0.2) is 4.79 Å². The molecule has 5 heteroatoms. The Kier molecular flexibility index (Phi) is 6.28. The highest BCUT2D eigenvalue weighted by molar-refractivity contribution is 5.87. The van der Waals surface area contributed by atoms with Gasteiger partial charge in [-0.05, 0) is 51.6 Å². The summed E-state index contributed by atoms with van der Waals surface area (Å²) < 4.78 is 0. The number of nitrogens with one attached hydrogen (secondary N) is 2. The fourth-order valence-corrected chi connectivity index (χ4v) is 2.73. The summed E-state index contributed by atoms with van der Waals surface area (Å²) in [7, 11) is 1.84. The van der Waals surface area contributed by atoms with Crippen molar-refractivity contribution in [2.75, 3.05) is 13.6 Å². The van der Waals surface area contributed by atoms with E-state index < -0.39 is 11.5 Å². The minimum atomic E-state index is -1.03. The van der Waals surface area contributed by atoms with Gasteiger partial charge in [0.2, 0.25) is 5.91 Å². The molecule has 0 aliphatic heterocycles. The Bertz CT molecular complexity index is 310. The maximum Gasteiger partial charge on any atom is 0.329 e. The van der Waals surface area contributed by atoms with Gasteiger partial charge in [-0.2, -0.15) is 0 Å². The Balaban J connectivity index is 2.53. The lowest BCUT2D eigenvalue weighted by atomic mass is 9.75. The highest BCUT2D eigenvalue weighted by Crippen LogP contribution is 2.34. The maximum absolute atomic E-state index is 11.8. The van der Waals surface area contributed by atoms with E-state index in [1.54, 1.807) is 0 Å². The van der Waals surface area contributed by atoms with Gasteiger partial charge in [-0.1, -0.05) is 13.3 Å². The molecule has 0 aromatic rings. The van der Waals surface area contributed by atoms with E-state index in [1.165, 1.54) is 0 Å². The summed E-state index contributed by atoms with van der Waals surface area (Å²) in [6.07, 6.45) is 5.09. The zero-order valence-corrected chi connectivity index (χ0v) is 12.0. The highest BCUT2D eigenvalue weighted by Gasteiger charge is 2.42. The molecule has 19 heavy (non-hydrogen) atoms. The molecule has 0 aromatic carbocycles. The number of carbonyl (C=O) groups is 2. The molecule has 0 radical (unpaired) electrons. The van der Waals surface area contributed by atoms with E-state index in [9.17, 15) is 14.7 Å². The topological polar surface area (TPSA) is 78.4 Å². The van der Waals surface area contributed by atoms with Gasteiger partial charge in [0.05, 0.1) is 0 Å². The van der Waals surface area contributed by atoms with Crippen molar-refractivity contribution in [1.29, 1.82) is 0 Å². The Morgan fingerprint density at radius 3 is 2.42 bits per heavy atom. The van der Waals surface area contributed by atoms with Crippen molar-refractivity contribution in [3.8, 4) is 0 Å². The number of amides is 1. The monoisotopic (exact) mass is 270 g/mol. The summed E-state index contributed by atoms with van der Waals surface area (Å²) in [5.41, 5.74) is -1.03. The molecule has 0 saturated heterocycles. The number of carboxylic acid groups (broad SMARTS) is 1. The summed E-state index contributed by atoms with van der Waals surface area (Å²) in [6, 6.07) is 0. The van der Waals surface area contributed by atoms with Crippen molar-refractivity contribution in [1.82, 2.24) is 10.6 Å². The number of carbonyl (C=O) groups excluding carboxylic acids is 1. The van der Waals surface area contributed by atoms with Gasteiger partial charge in [0.1, 0.15) is 5.54 Å². The molecule has 1 rings (SSSR count). The van der Waals surface area contributed by atoms with Gasteiger partial charge in [0.15, 0.2) is 0 Å². The number of hydrogen-bond donors (Lipinski definition) is 3. The first kappa shape index (κ1) is 16.0. The number of rotatable bonds is 7.